The summed E-state index contributed by atoms with van der Waals surface area (Å²) in [6, 6.07) is 6.80. The van der Waals surface area contributed by atoms with Gasteiger partial charge in [0.15, 0.2) is 0 Å². The summed E-state index contributed by atoms with van der Waals surface area (Å²) in [5, 5.41) is 7.16. The number of carbonyl (C=O) groups excluding carboxylic acids is 2. The number of nitrogens with zero attached hydrogens (tertiary/aromatic N) is 3. The van der Waals surface area contributed by atoms with Crippen molar-refractivity contribution in [1.82, 2.24) is 15.0 Å². The summed E-state index contributed by atoms with van der Waals surface area (Å²) in [7, 11) is 0. The topological polar surface area (TPSA) is 78.7 Å². The van der Waals surface area contributed by atoms with Crippen LogP contribution in [0.2, 0.25) is 5.02 Å². The molecule has 25 heavy (non-hydrogen) atoms. The van der Waals surface area contributed by atoms with Gasteiger partial charge in [-0.2, -0.15) is 0 Å². The number of aromatic nitrogens is 1. The number of carbonyl (C=O) groups is 2. The van der Waals surface area contributed by atoms with E-state index in [1.807, 2.05) is 19.1 Å². The molecule has 3 rings (SSSR count). The first kappa shape index (κ1) is 17.3. The number of benzene rings is 1. The first-order valence-electron chi connectivity index (χ1n) is 7.99. The summed E-state index contributed by atoms with van der Waals surface area (Å²) < 4.78 is 5.01. The van der Waals surface area contributed by atoms with Crippen LogP contribution in [0.3, 0.4) is 0 Å². The molecule has 0 bridgehead atoms. The Balaban J connectivity index is 1.55. The molecule has 8 heteroatoms. The molecule has 0 saturated carbocycles. The Morgan fingerprint density at radius 1 is 1.12 bits per heavy atom. The van der Waals surface area contributed by atoms with Gasteiger partial charge in [-0.05, 0) is 31.5 Å². The van der Waals surface area contributed by atoms with Gasteiger partial charge >= 0.3 is 6.03 Å². The molecule has 3 amide bonds. The first-order chi connectivity index (χ1) is 11.9. The highest BCUT2D eigenvalue weighted by molar-refractivity contribution is 6.31. The van der Waals surface area contributed by atoms with Crippen molar-refractivity contribution >= 4 is 29.2 Å². The maximum Gasteiger partial charge on any atom is 0.321 e. The molecule has 1 fully saturated rings. The normalized spacial score (nSPS) is 14.5. The van der Waals surface area contributed by atoms with E-state index in [4.69, 9.17) is 16.1 Å². The van der Waals surface area contributed by atoms with Crippen LogP contribution in [0.1, 0.15) is 21.8 Å². The molecule has 7 nitrogen and oxygen atoms in total. The van der Waals surface area contributed by atoms with Crippen LogP contribution in [0, 0.1) is 13.8 Å². The highest BCUT2D eigenvalue weighted by Gasteiger charge is 2.26. The molecular formula is C17H19ClN4O3. The number of urea groups is 1. The average molecular weight is 363 g/mol. The molecule has 0 unspecified atom stereocenters. The van der Waals surface area contributed by atoms with Gasteiger partial charge in [-0.3, -0.25) is 4.79 Å². The number of anilines is 1. The van der Waals surface area contributed by atoms with Gasteiger partial charge in [0.2, 0.25) is 5.76 Å². The van der Waals surface area contributed by atoms with Crippen molar-refractivity contribution in [3.05, 3.63) is 46.3 Å². The number of nitrogens with one attached hydrogen (secondary N) is 1. The van der Waals surface area contributed by atoms with Gasteiger partial charge in [0.05, 0.1) is 5.69 Å². The smallest absolute Gasteiger partial charge is 0.321 e. The molecule has 0 spiro atoms. The number of hydrogen-bond donors (Lipinski definition) is 1. The summed E-state index contributed by atoms with van der Waals surface area (Å²) >= 11 is 6.07. The predicted octanol–water partition coefficient (Wildman–Crippen LogP) is 2.93. The number of piperazine rings is 1. The standard InChI is InChI=1S/C17H19ClN4O3/c1-11-3-4-13(10-14(11)18)19-17(24)22-7-5-21(6-8-22)16(23)15-9-12(2)20-25-15/h3-4,9-10H,5-8H2,1-2H3,(H,19,24). The van der Waals surface area contributed by atoms with E-state index < -0.39 is 0 Å². The molecule has 1 aromatic heterocycles. The monoisotopic (exact) mass is 362 g/mol. The van der Waals surface area contributed by atoms with Gasteiger partial charge in [-0.25, -0.2) is 4.79 Å². The third-order valence-electron chi connectivity index (χ3n) is 4.12. The lowest BCUT2D eigenvalue weighted by Crippen LogP contribution is -2.51. The third kappa shape index (κ3) is 3.93. The fraction of sp³-hybridized carbons (Fsp3) is 0.353. The van der Waals surface area contributed by atoms with Crippen molar-refractivity contribution in [2.24, 2.45) is 0 Å². The molecule has 1 aromatic carbocycles. The van der Waals surface area contributed by atoms with E-state index >= 15 is 0 Å². The van der Waals surface area contributed by atoms with E-state index in [2.05, 4.69) is 10.5 Å². The summed E-state index contributed by atoms with van der Waals surface area (Å²) in [4.78, 5) is 28.0. The lowest BCUT2D eigenvalue weighted by atomic mass is 10.2. The number of aryl methyl sites for hydroxylation is 2. The Kier molecular flexibility index (Phi) is 4.94. The van der Waals surface area contributed by atoms with Crippen LogP contribution >= 0.6 is 11.6 Å². The molecule has 132 valence electrons. The first-order valence-corrected chi connectivity index (χ1v) is 8.36. The highest BCUT2D eigenvalue weighted by atomic mass is 35.5. The largest absolute Gasteiger partial charge is 0.351 e. The van der Waals surface area contributed by atoms with Crippen LogP contribution in [0.25, 0.3) is 0 Å². The molecule has 1 saturated heterocycles. The summed E-state index contributed by atoms with van der Waals surface area (Å²) in [5.74, 6) is 0.0238. The predicted molar refractivity (Wildman–Crippen MR) is 93.9 cm³/mol. The fourth-order valence-corrected chi connectivity index (χ4v) is 2.79. The number of rotatable bonds is 2. The van der Waals surface area contributed by atoms with Gasteiger partial charge in [0.25, 0.3) is 5.91 Å². The van der Waals surface area contributed by atoms with Crippen molar-refractivity contribution in [2.75, 3.05) is 31.5 Å². The van der Waals surface area contributed by atoms with Crippen LogP contribution in [-0.4, -0.2) is 53.1 Å². The van der Waals surface area contributed by atoms with E-state index in [1.165, 1.54) is 0 Å². The zero-order valence-corrected chi connectivity index (χ0v) is 14.8. The van der Waals surface area contributed by atoms with Crippen LogP contribution < -0.4 is 5.32 Å². The molecule has 0 radical (unpaired) electrons. The van der Waals surface area contributed by atoms with Gasteiger partial charge in [-0.15, -0.1) is 0 Å². The number of hydrogen-bond acceptors (Lipinski definition) is 4. The van der Waals surface area contributed by atoms with Gasteiger partial charge in [0, 0.05) is 43.0 Å². The van der Waals surface area contributed by atoms with Gasteiger partial charge in [0.1, 0.15) is 0 Å². The van der Waals surface area contributed by atoms with Crippen molar-refractivity contribution in [3.8, 4) is 0 Å². The summed E-state index contributed by atoms with van der Waals surface area (Å²) in [6.45, 7) is 5.45. The van der Waals surface area contributed by atoms with E-state index in [0.29, 0.717) is 42.6 Å². The van der Waals surface area contributed by atoms with Crippen LogP contribution in [0.4, 0.5) is 10.5 Å². The van der Waals surface area contributed by atoms with Crippen molar-refractivity contribution in [1.29, 1.82) is 0 Å². The van der Waals surface area contributed by atoms with Gasteiger partial charge in [-0.1, -0.05) is 22.8 Å². The molecular weight excluding hydrogens is 344 g/mol. The Labute approximate surface area is 150 Å². The van der Waals surface area contributed by atoms with Crippen molar-refractivity contribution in [3.63, 3.8) is 0 Å². The second-order valence-electron chi connectivity index (χ2n) is 6.01. The maximum absolute atomic E-state index is 12.4. The Hall–Kier alpha value is -2.54. The third-order valence-corrected chi connectivity index (χ3v) is 4.52. The molecule has 1 N–H and O–H groups in total. The lowest BCUT2D eigenvalue weighted by Gasteiger charge is -2.34. The molecule has 1 aliphatic rings. The molecule has 2 heterocycles. The summed E-state index contributed by atoms with van der Waals surface area (Å²) in [5.41, 5.74) is 2.27. The van der Waals surface area contributed by atoms with E-state index in [1.54, 1.807) is 28.9 Å². The van der Waals surface area contributed by atoms with E-state index in [0.717, 1.165) is 5.56 Å². The quantitative estimate of drug-likeness (QED) is 0.890. The van der Waals surface area contributed by atoms with Gasteiger partial charge < -0.3 is 19.6 Å². The minimum absolute atomic E-state index is 0.203. The fourth-order valence-electron chi connectivity index (χ4n) is 2.61. The molecule has 0 aliphatic carbocycles. The zero-order chi connectivity index (χ0) is 18.0. The average Bonchev–Trinajstić information content (AvgIpc) is 3.04. The highest BCUT2D eigenvalue weighted by Crippen LogP contribution is 2.20. The second-order valence-corrected chi connectivity index (χ2v) is 6.41. The van der Waals surface area contributed by atoms with E-state index in [9.17, 15) is 9.59 Å². The SMILES string of the molecule is Cc1cc(C(=O)N2CCN(C(=O)Nc3ccc(C)c(Cl)c3)CC2)on1. The van der Waals surface area contributed by atoms with Crippen molar-refractivity contribution in [2.45, 2.75) is 13.8 Å². The van der Waals surface area contributed by atoms with E-state index in [-0.39, 0.29) is 17.7 Å². The Morgan fingerprint density at radius 3 is 2.40 bits per heavy atom. The van der Waals surface area contributed by atoms with Crippen LogP contribution in [-0.2, 0) is 0 Å². The van der Waals surface area contributed by atoms with Crippen LogP contribution in [0.15, 0.2) is 28.8 Å². The summed E-state index contributed by atoms with van der Waals surface area (Å²) in [6.07, 6.45) is 0. The number of halogens is 1. The zero-order valence-electron chi connectivity index (χ0n) is 14.1. The second kappa shape index (κ2) is 7.14. The minimum Gasteiger partial charge on any atom is -0.351 e. The van der Waals surface area contributed by atoms with Crippen molar-refractivity contribution < 1.29 is 14.1 Å². The minimum atomic E-state index is -0.206. The maximum atomic E-state index is 12.4. The Bertz CT molecular complexity index is 797. The number of amides is 3. The molecule has 0 atom stereocenters. The molecule has 2 aromatic rings. The van der Waals surface area contributed by atoms with Crippen LogP contribution in [0.5, 0.6) is 0 Å². The molecule has 1 aliphatic heterocycles. The lowest BCUT2D eigenvalue weighted by molar-refractivity contribution is 0.0631. The Morgan fingerprint density at radius 2 is 1.80 bits per heavy atom.